The number of aliphatic imine (C=N–C) groups is 2. The average molecular weight is 397 g/mol. The zero-order valence-corrected chi connectivity index (χ0v) is 15.3. The van der Waals surface area contributed by atoms with Gasteiger partial charge in [0.05, 0.1) is 12.0 Å². The van der Waals surface area contributed by atoms with Crippen molar-refractivity contribution >= 4 is 46.2 Å². The molecule has 1 aromatic heterocycles. The van der Waals surface area contributed by atoms with Gasteiger partial charge in [-0.1, -0.05) is 42.1 Å². The van der Waals surface area contributed by atoms with Crippen LogP contribution in [0.5, 0.6) is 0 Å². The third-order valence-corrected chi connectivity index (χ3v) is 4.36. The largest absolute Gasteiger partial charge is 0.459 e. The highest BCUT2D eigenvalue weighted by Crippen LogP contribution is 2.09. The average Bonchev–Trinajstić information content (AvgIpc) is 3.23. The Hall–Kier alpha value is -3.53. The van der Waals surface area contributed by atoms with Crippen LogP contribution in [0.1, 0.15) is 16.1 Å². The van der Waals surface area contributed by atoms with Crippen molar-refractivity contribution in [1.29, 1.82) is 5.41 Å². The summed E-state index contributed by atoms with van der Waals surface area (Å²) >= 11 is 0.974. The van der Waals surface area contributed by atoms with Gasteiger partial charge in [-0.15, -0.1) is 0 Å². The van der Waals surface area contributed by atoms with E-state index in [0.29, 0.717) is 6.54 Å². The van der Waals surface area contributed by atoms with Crippen LogP contribution in [0.15, 0.2) is 63.1 Å². The van der Waals surface area contributed by atoms with E-state index in [4.69, 9.17) is 9.83 Å². The molecule has 0 atom stereocenters. The molecule has 0 saturated heterocycles. The van der Waals surface area contributed by atoms with Gasteiger partial charge in [0, 0.05) is 6.54 Å². The molecule has 10 heteroatoms. The van der Waals surface area contributed by atoms with E-state index in [1.165, 1.54) is 18.4 Å². The molecule has 2 heterocycles. The predicted octanol–water partition coefficient (Wildman–Crippen LogP) is 1.37. The molecule has 0 spiro atoms. The molecule has 0 unspecified atom stereocenters. The molecule has 1 aliphatic heterocycles. The van der Waals surface area contributed by atoms with Gasteiger partial charge in [0.25, 0.3) is 5.91 Å². The molecule has 28 heavy (non-hydrogen) atoms. The first-order valence-corrected chi connectivity index (χ1v) is 9.10. The maximum absolute atomic E-state index is 12.1. The summed E-state index contributed by atoms with van der Waals surface area (Å²) in [5.41, 5.74) is 0.548. The van der Waals surface area contributed by atoms with Crippen LogP contribution in [0.25, 0.3) is 0 Å². The van der Waals surface area contributed by atoms with Crippen LogP contribution in [0.3, 0.4) is 0 Å². The van der Waals surface area contributed by atoms with Crippen LogP contribution < -0.4 is 10.6 Å². The highest BCUT2D eigenvalue weighted by molar-refractivity contribution is 8.14. The minimum absolute atomic E-state index is 0.0109. The molecular weight excluding hydrogens is 382 g/mol. The van der Waals surface area contributed by atoms with Gasteiger partial charge in [0.1, 0.15) is 0 Å². The zero-order chi connectivity index (χ0) is 19.9. The Bertz CT molecular complexity index is 967. The van der Waals surface area contributed by atoms with Crippen molar-refractivity contribution in [2.75, 3.05) is 5.75 Å². The van der Waals surface area contributed by atoms with Crippen molar-refractivity contribution in [3.8, 4) is 0 Å². The van der Waals surface area contributed by atoms with E-state index < -0.39 is 23.4 Å². The first-order chi connectivity index (χ1) is 13.5. The van der Waals surface area contributed by atoms with Gasteiger partial charge in [-0.3, -0.25) is 25.1 Å². The number of rotatable bonds is 5. The molecule has 3 amide bonds. The van der Waals surface area contributed by atoms with Crippen LogP contribution >= 0.6 is 11.8 Å². The summed E-state index contributed by atoms with van der Waals surface area (Å²) in [7, 11) is 0. The third-order valence-electron chi connectivity index (χ3n) is 3.49. The second-order valence-corrected chi connectivity index (χ2v) is 6.48. The predicted molar refractivity (Wildman–Crippen MR) is 105 cm³/mol. The minimum atomic E-state index is -0.786. The summed E-state index contributed by atoms with van der Waals surface area (Å²) in [6, 6.07) is 12.3. The van der Waals surface area contributed by atoms with E-state index in [-0.39, 0.29) is 22.6 Å². The Morgan fingerprint density at radius 2 is 2.00 bits per heavy atom. The monoisotopic (exact) mass is 397 g/mol. The van der Waals surface area contributed by atoms with Crippen molar-refractivity contribution in [2.24, 2.45) is 9.98 Å². The third kappa shape index (κ3) is 5.01. The molecule has 3 N–H and O–H groups in total. The Kier molecular flexibility index (Phi) is 6.12. The summed E-state index contributed by atoms with van der Waals surface area (Å²) < 4.78 is 4.91. The Morgan fingerprint density at radius 3 is 2.68 bits per heavy atom. The first kappa shape index (κ1) is 19.2. The second kappa shape index (κ2) is 8.91. The zero-order valence-electron chi connectivity index (χ0n) is 14.5. The van der Waals surface area contributed by atoms with Crippen LogP contribution in [0, 0.1) is 5.41 Å². The number of carbonyl (C=O) groups excluding carboxylic acids is 3. The first-order valence-electron chi connectivity index (χ1n) is 8.12. The Labute approximate surface area is 163 Å². The summed E-state index contributed by atoms with van der Waals surface area (Å²) in [4.78, 5) is 43.4. The minimum Gasteiger partial charge on any atom is -0.459 e. The maximum atomic E-state index is 12.1. The highest BCUT2D eigenvalue weighted by atomic mass is 32.2. The molecule has 0 saturated carbocycles. The molecule has 3 rings (SSSR count). The number of benzene rings is 1. The van der Waals surface area contributed by atoms with E-state index in [9.17, 15) is 14.4 Å². The summed E-state index contributed by atoms with van der Waals surface area (Å²) in [6.07, 6.45) is 1.30. The molecule has 1 aliphatic rings. The van der Waals surface area contributed by atoms with E-state index >= 15 is 0 Å². The van der Waals surface area contributed by atoms with Crippen LogP contribution in [-0.2, 0) is 16.1 Å². The van der Waals surface area contributed by atoms with Gasteiger partial charge in [0.2, 0.25) is 5.91 Å². The van der Waals surface area contributed by atoms with Gasteiger partial charge < -0.3 is 9.73 Å². The van der Waals surface area contributed by atoms with Gasteiger partial charge in [-0.05, 0) is 17.7 Å². The van der Waals surface area contributed by atoms with Gasteiger partial charge in [-0.2, -0.15) is 4.99 Å². The molecular formula is C18H15N5O4S. The molecule has 0 aliphatic carbocycles. The smallest absolute Gasteiger partial charge is 0.313 e. The van der Waals surface area contributed by atoms with Crippen LogP contribution in [0.4, 0.5) is 0 Å². The number of furan rings is 1. The maximum Gasteiger partial charge on any atom is 0.313 e. The molecule has 0 bridgehead atoms. The van der Waals surface area contributed by atoms with E-state index in [1.807, 2.05) is 30.3 Å². The number of amides is 3. The fraction of sp³-hybridized carbons (Fsp3) is 0.111. The Morgan fingerprint density at radius 1 is 1.21 bits per heavy atom. The van der Waals surface area contributed by atoms with E-state index in [2.05, 4.69) is 20.6 Å². The van der Waals surface area contributed by atoms with Crippen molar-refractivity contribution in [2.45, 2.75) is 6.54 Å². The normalized spacial score (nSPS) is 15.1. The number of hydrogen-bond acceptors (Lipinski definition) is 6. The quantitative estimate of drug-likeness (QED) is 0.700. The van der Waals surface area contributed by atoms with Crippen molar-refractivity contribution < 1.29 is 18.8 Å². The van der Waals surface area contributed by atoms with Crippen molar-refractivity contribution in [1.82, 2.24) is 10.6 Å². The summed E-state index contributed by atoms with van der Waals surface area (Å²) in [5, 5.41) is 13.1. The second-order valence-electron chi connectivity index (χ2n) is 5.51. The SMILES string of the molecule is N=C1N=C(SCC(=O)NCc2ccccc2)NC(=O)C1=NC(=O)c1ccco1. The number of amidine groups is 2. The standard InChI is InChI=1S/C18H15N5O4S/c19-15-14(21-16(25)12-7-4-8-27-12)17(26)23-18(22-15)28-10-13(24)20-9-11-5-2-1-3-6-11/h1-8H,9-10H2,(H,20,24)(H2,19,22,23,26). The number of hydrogen-bond donors (Lipinski definition) is 3. The number of nitrogens with zero attached hydrogens (tertiary/aromatic N) is 2. The topological polar surface area (TPSA) is 137 Å². The fourth-order valence-corrected chi connectivity index (χ4v) is 2.85. The lowest BCUT2D eigenvalue weighted by atomic mass is 10.2. The summed E-state index contributed by atoms with van der Waals surface area (Å²) in [6.45, 7) is 0.389. The molecule has 142 valence electrons. The van der Waals surface area contributed by atoms with Crippen LogP contribution in [-0.4, -0.2) is 40.2 Å². The highest BCUT2D eigenvalue weighted by Gasteiger charge is 2.26. The van der Waals surface area contributed by atoms with E-state index in [0.717, 1.165) is 17.3 Å². The molecule has 0 radical (unpaired) electrons. The molecule has 1 aromatic carbocycles. The van der Waals surface area contributed by atoms with Crippen molar-refractivity contribution in [3.63, 3.8) is 0 Å². The molecule has 2 aromatic rings. The van der Waals surface area contributed by atoms with Gasteiger partial charge >= 0.3 is 5.91 Å². The summed E-state index contributed by atoms with van der Waals surface area (Å²) in [5.74, 6) is -2.27. The fourth-order valence-electron chi connectivity index (χ4n) is 2.16. The number of thioether (sulfide) groups is 1. The Balaban J connectivity index is 1.55. The van der Waals surface area contributed by atoms with E-state index in [1.54, 1.807) is 0 Å². The van der Waals surface area contributed by atoms with Gasteiger partial charge in [0.15, 0.2) is 22.5 Å². The van der Waals surface area contributed by atoms with Crippen molar-refractivity contribution in [3.05, 3.63) is 60.1 Å². The lowest BCUT2D eigenvalue weighted by molar-refractivity contribution is -0.118. The van der Waals surface area contributed by atoms with Crippen LogP contribution in [0.2, 0.25) is 0 Å². The lowest BCUT2D eigenvalue weighted by Crippen LogP contribution is -2.44. The molecule has 0 fully saturated rings. The lowest BCUT2D eigenvalue weighted by Gasteiger charge is -2.14. The molecule has 9 nitrogen and oxygen atoms in total. The number of nitrogens with one attached hydrogen (secondary N) is 3. The van der Waals surface area contributed by atoms with Gasteiger partial charge in [-0.25, -0.2) is 4.99 Å². The number of carbonyl (C=O) groups is 3.